The Morgan fingerprint density at radius 3 is 2.85 bits per heavy atom. The summed E-state index contributed by atoms with van der Waals surface area (Å²) in [5, 5.41) is 7.00. The van der Waals surface area contributed by atoms with E-state index in [-0.39, 0.29) is 0 Å². The zero-order chi connectivity index (χ0) is 15.0. The van der Waals surface area contributed by atoms with Crippen molar-refractivity contribution in [3.05, 3.63) is 35.4 Å². The summed E-state index contributed by atoms with van der Waals surface area (Å²) in [4.78, 5) is 13.3. The van der Waals surface area contributed by atoms with Crippen molar-refractivity contribution in [3.8, 4) is 0 Å². The number of benzene rings is 1. The van der Waals surface area contributed by atoms with Gasteiger partial charge in [0.25, 0.3) is 0 Å². The minimum atomic E-state index is 0.389. The van der Waals surface area contributed by atoms with Gasteiger partial charge in [-0.2, -0.15) is 11.8 Å². The van der Waals surface area contributed by atoms with Gasteiger partial charge in [0.2, 0.25) is 0 Å². The van der Waals surface area contributed by atoms with Crippen molar-refractivity contribution in [1.29, 1.82) is 0 Å². The van der Waals surface area contributed by atoms with Crippen LogP contribution < -0.4 is 0 Å². The van der Waals surface area contributed by atoms with Gasteiger partial charge in [-0.25, -0.2) is 0 Å². The van der Waals surface area contributed by atoms with Crippen molar-refractivity contribution >= 4 is 18.0 Å². The third-order valence-electron chi connectivity index (χ3n) is 3.66. The summed E-state index contributed by atoms with van der Waals surface area (Å²) in [6.45, 7) is 7.86. The number of thioether (sulfide) groups is 1. The second kappa shape index (κ2) is 8.45. The van der Waals surface area contributed by atoms with Crippen LogP contribution in [0, 0.1) is 0 Å². The van der Waals surface area contributed by atoms with Gasteiger partial charge in [-0.1, -0.05) is 25.1 Å². The molecule has 0 bridgehead atoms. The minimum absolute atomic E-state index is 0.389. The molecule has 20 heavy (non-hydrogen) atoms. The first-order chi connectivity index (χ1) is 9.65. The van der Waals surface area contributed by atoms with Crippen molar-refractivity contribution in [2.24, 2.45) is 0 Å². The maximum atomic E-state index is 10.8. The predicted molar refractivity (Wildman–Crippen MR) is 86.4 cm³/mol. The Morgan fingerprint density at radius 1 is 1.45 bits per heavy atom. The van der Waals surface area contributed by atoms with Gasteiger partial charge in [-0.05, 0) is 25.0 Å². The summed E-state index contributed by atoms with van der Waals surface area (Å²) in [6.07, 6.45) is 2.13. The van der Waals surface area contributed by atoms with Crippen LogP contribution >= 0.6 is 11.8 Å². The third-order valence-corrected chi connectivity index (χ3v) is 5.16. The topological polar surface area (TPSA) is 40.5 Å². The predicted octanol–water partition coefficient (Wildman–Crippen LogP) is 2.83. The number of aliphatic hydroxyl groups is 1. The van der Waals surface area contributed by atoms with Crippen molar-refractivity contribution in [2.45, 2.75) is 31.6 Å². The summed E-state index contributed by atoms with van der Waals surface area (Å²) in [6, 6.07) is 7.94. The average Bonchev–Trinajstić information content (AvgIpc) is 2.49. The van der Waals surface area contributed by atoms with Gasteiger partial charge in [-0.15, -0.1) is 0 Å². The van der Waals surface area contributed by atoms with E-state index in [9.17, 15) is 4.79 Å². The second-order valence-electron chi connectivity index (χ2n) is 5.23. The van der Waals surface area contributed by atoms with Crippen LogP contribution in [0.5, 0.6) is 0 Å². The molecular weight excluding hydrogens is 270 g/mol. The fraction of sp³-hybridized carbons (Fsp3) is 0.562. The Balaban J connectivity index is 0.000000956. The lowest BCUT2D eigenvalue weighted by atomic mass is 10.1. The molecule has 1 saturated heterocycles. The Kier molecular flexibility index (Phi) is 7.27. The number of rotatable bonds is 4. The second-order valence-corrected chi connectivity index (χ2v) is 6.91. The zero-order valence-corrected chi connectivity index (χ0v) is 13.4. The Labute approximate surface area is 126 Å². The molecule has 4 heteroatoms. The van der Waals surface area contributed by atoms with Crippen LogP contribution in [0.1, 0.15) is 36.2 Å². The van der Waals surface area contributed by atoms with Gasteiger partial charge >= 0.3 is 0 Å². The molecule has 1 aliphatic heterocycles. The molecule has 0 spiro atoms. The minimum Gasteiger partial charge on any atom is -0.400 e. The molecule has 1 aromatic rings. The fourth-order valence-corrected chi connectivity index (χ4v) is 3.71. The van der Waals surface area contributed by atoms with Gasteiger partial charge in [-0.3, -0.25) is 9.69 Å². The smallest absolute Gasteiger partial charge is 0.150 e. The quantitative estimate of drug-likeness (QED) is 0.867. The monoisotopic (exact) mass is 295 g/mol. The standard InChI is InChI=1S/C15H21NOS.CH4O/c1-3-15(2)12-16(7-8-18-15)10-13-5-4-6-14(9-13)11-17;1-2/h4-6,9,11H,3,7-8,10,12H2,1-2H3;2H,1H3. The maximum absolute atomic E-state index is 10.8. The molecule has 0 saturated carbocycles. The summed E-state index contributed by atoms with van der Waals surface area (Å²) < 4.78 is 0.389. The first-order valence-electron chi connectivity index (χ1n) is 7.00. The largest absolute Gasteiger partial charge is 0.400 e. The van der Waals surface area contributed by atoms with Crippen LogP contribution in [0.3, 0.4) is 0 Å². The lowest BCUT2D eigenvalue weighted by Crippen LogP contribution is -2.43. The van der Waals surface area contributed by atoms with Gasteiger partial charge in [0.05, 0.1) is 0 Å². The van der Waals surface area contributed by atoms with Crippen LogP contribution in [0.15, 0.2) is 24.3 Å². The Hall–Kier alpha value is -0.840. The molecule has 0 radical (unpaired) electrons. The van der Waals surface area contributed by atoms with Crippen LogP contribution in [0.2, 0.25) is 0 Å². The molecule has 1 heterocycles. The number of hydrogen-bond donors (Lipinski definition) is 1. The van der Waals surface area contributed by atoms with Gasteiger partial charge < -0.3 is 5.11 Å². The van der Waals surface area contributed by atoms with E-state index in [1.807, 2.05) is 18.2 Å². The highest BCUT2D eigenvalue weighted by Crippen LogP contribution is 2.33. The number of aldehydes is 1. The maximum Gasteiger partial charge on any atom is 0.150 e. The number of aliphatic hydroxyl groups excluding tert-OH is 1. The third kappa shape index (κ3) is 4.93. The summed E-state index contributed by atoms with van der Waals surface area (Å²) >= 11 is 2.09. The fourth-order valence-electron chi connectivity index (χ4n) is 2.39. The van der Waals surface area contributed by atoms with Crippen LogP contribution in [0.25, 0.3) is 0 Å². The zero-order valence-electron chi connectivity index (χ0n) is 12.6. The molecular formula is C16H25NO2S. The Bertz CT molecular complexity index is 425. The van der Waals surface area contributed by atoms with E-state index in [4.69, 9.17) is 5.11 Å². The van der Waals surface area contributed by atoms with Crippen LogP contribution in [-0.2, 0) is 6.54 Å². The summed E-state index contributed by atoms with van der Waals surface area (Å²) in [7, 11) is 1.00. The highest BCUT2D eigenvalue weighted by molar-refractivity contribution is 8.00. The number of carbonyl (C=O) groups excluding carboxylic acids is 1. The molecule has 1 aliphatic rings. The van der Waals surface area contributed by atoms with Crippen molar-refractivity contribution < 1.29 is 9.90 Å². The van der Waals surface area contributed by atoms with E-state index >= 15 is 0 Å². The van der Waals surface area contributed by atoms with E-state index in [0.29, 0.717) is 4.75 Å². The van der Waals surface area contributed by atoms with Gasteiger partial charge in [0, 0.05) is 42.8 Å². The highest BCUT2D eigenvalue weighted by atomic mass is 32.2. The van der Waals surface area contributed by atoms with E-state index in [1.165, 1.54) is 17.7 Å². The number of nitrogens with zero attached hydrogens (tertiary/aromatic N) is 1. The molecule has 2 rings (SSSR count). The van der Waals surface area contributed by atoms with Crippen LogP contribution in [0.4, 0.5) is 0 Å². The molecule has 1 N–H and O–H groups in total. The molecule has 3 nitrogen and oxygen atoms in total. The molecule has 0 aromatic heterocycles. The molecule has 0 amide bonds. The number of hydrogen-bond acceptors (Lipinski definition) is 4. The van der Waals surface area contributed by atoms with E-state index in [1.54, 1.807) is 0 Å². The SMILES string of the molecule is CCC1(C)CN(Cc2cccc(C=O)c2)CCS1.CO. The summed E-state index contributed by atoms with van der Waals surface area (Å²) in [5.74, 6) is 1.21. The Morgan fingerprint density at radius 2 is 2.20 bits per heavy atom. The molecule has 1 aromatic carbocycles. The lowest BCUT2D eigenvalue weighted by Gasteiger charge is -2.39. The van der Waals surface area contributed by atoms with Gasteiger partial charge in [0.15, 0.2) is 0 Å². The van der Waals surface area contributed by atoms with Crippen molar-refractivity contribution in [2.75, 3.05) is 26.0 Å². The number of carbonyl (C=O) groups is 1. The normalized spacial score (nSPS) is 22.8. The van der Waals surface area contributed by atoms with E-state index < -0.39 is 0 Å². The molecule has 1 fully saturated rings. The molecule has 1 atom stereocenters. The first kappa shape index (κ1) is 17.2. The van der Waals surface area contributed by atoms with Crippen molar-refractivity contribution in [3.63, 3.8) is 0 Å². The van der Waals surface area contributed by atoms with E-state index in [0.717, 1.165) is 38.6 Å². The lowest BCUT2D eigenvalue weighted by molar-refractivity contribution is 0.112. The first-order valence-corrected chi connectivity index (χ1v) is 7.99. The molecule has 1 unspecified atom stereocenters. The summed E-state index contributed by atoms with van der Waals surface area (Å²) in [5.41, 5.74) is 2.02. The molecule has 0 aliphatic carbocycles. The molecule has 112 valence electrons. The average molecular weight is 295 g/mol. The highest BCUT2D eigenvalue weighted by Gasteiger charge is 2.29. The van der Waals surface area contributed by atoms with E-state index in [2.05, 4.69) is 36.6 Å². The van der Waals surface area contributed by atoms with Crippen LogP contribution in [-0.4, -0.2) is 47.0 Å². The van der Waals surface area contributed by atoms with Crippen molar-refractivity contribution in [1.82, 2.24) is 4.90 Å². The van der Waals surface area contributed by atoms with Gasteiger partial charge in [0.1, 0.15) is 6.29 Å².